The first-order valence-electron chi connectivity index (χ1n) is 8.12. The van der Waals surface area contributed by atoms with E-state index in [0.29, 0.717) is 11.4 Å². The smallest absolute Gasteiger partial charge is 0.293 e. The molecule has 0 aliphatic carbocycles. The van der Waals surface area contributed by atoms with Crippen LogP contribution in [-0.4, -0.2) is 27.2 Å². The van der Waals surface area contributed by atoms with E-state index in [2.05, 4.69) is 20.5 Å². The number of carbonyl (C=O) groups is 2. The number of hydrogen-bond acceptors (Lipinski definition) is 3. The van der Waals surface area contributed by atoms with Gasteiger partial charge in [-0.2, -0.15) is 0 Å². The second-order valence-corrected chi connectivity index (χ2v) is 7.88. The van der Waals surface area contributed by atoms with Crippen molar-refractivity contribution in [2.24, 2.45) is 0 Å². The fourth-order valence-electron chi connectivity index (χ4n) is 2.98. The predicted octanol–water partition coefficient (Wildman–Crippen LogP) is 5.30. The van der Waals surface area contributed by atoms with Gasteiger partial charge in [-0.1, -0.05) is 22.9 Å². The number of carbonyl (C=O) groups excluding carboxylic acids is 2. The largest absolute Gasteiger partial charge is 0.318 e. The van der Waals surface area contributed by atoms with Crippen LogP contribution in [0.15, 0.2) is 39.7 Å². The molecule has 0 saturated carbocycles. The Morgan fingerprint density at radius 3 is 2.48 bits per heavy atom. The van der Waals surface area contributed by atoms with Crippen molar-refractivity contribution in [2.75, 3.05) is 6.54 Å². The molecule has 1 saturated heterocycles. The molecule has 130 valence electrons. The first-order valence-corrected chi connectivity index (χ1v) is 9.73. The lowest BCUT2D eigenvalue weighted by atomic mass is 10.2. The monoisotopic (exact) mass is 418 g/mol. The highest BCUT2D eigenvalue weighted by atomic mass is 79.9. The highest BCUT2D eigenvalue weighted by molar-refractivity contribution is 9.10. The van der Waals surface area contributed by atoms with Gasteiger partial charge in [-0.25, -0.2) is 0 Å². The summed E-state index contributed by atoms with van der Waals surface area (Å²) in [5, 5.41) is -0.181. The molecule has 0 radical (unpaired) electrons. The Labute approximate surface area is 160 Å². The summed E-state index contributed by atoms with van der Waals surface area (Å²) in [7, 11) is 0. The normalized spacial score (nSPS) is 16.3. The van der Waals surface area contributed by atoms with Gasteiger partial charge in [0.25, 0.3) is 11.1 Å². The summed E-state index contributed by atoms with van der Waals surface area (Å²) >= 11 is 4.47. The Hall–Kier alpha value is -1.79. The summed E-state index contributed by atoms with van der Waals surface area (Å²) in [5.41, 5.74) is 4.15. The van der Waals surface area contributed by atoms with Gasteiger partial charge in [-0.05, 0) is 74.0 Å². The van der Waals surface area contributed by atoms with Gasteiger partial charge in [0.2, 0.25) is 0 Å². The predicted molar refractivity (Wildman–Crippen MR) is 106 cm³/mol. The van der Waals surface area contributed by atoms with Crippen LogP contribution < -0.4 is 0 Å². The van der Waals surface area contributed by atoms with E-state index in [1.807, 2.05) is 57.2 Å². The number of aryl methyl sites for hydroxylation is 1. The van der Waals surface area contributed by atoms with Crippen LogP contribution in [0.1, 0.15) is 30.3 Å². The molecule has 3 rings (SSSR count). The third-order valence-corrected chi connectivity index (χ3v) is 5.60. The van der Waals surface area contributed by atoms with Gasteiger partial charge in [0.05, 0.1) is 4.91 Å². The van der Waals surface area contributed by atoms with E-state index in [9.17, 15) is 9.59 Å². The van der Waals surface area contributed by atoms with E-state index < -0.39 is 0 Å². The molecule has 0 unspecified atom stereocenters. The van der Waals surface area contributed by atoms with Crippen LogP contribution in [0.25, 0.3) is 11.8 Å². The van der Waals surface area contributed by atoms with Crippen LogP contribution in [0.5, 0.6) is 0 Å². The molecule has 0 N–H and O–H groups in total. The van der Waals surface area contributed by atoms with E-state index in [0.717, 1.165) is 45.3 Å². The maximum Gasteiger partial charge on any atom is 0.293 e. The molecule has 2 aromatic rings. The first kappa shape index (κ1) is 18.0. The van der Waals surface area contributed by atoms with Crippen molar-refractivity contribution in [3.05, 3.63) is 56.7 Å². The van der Waals surface area contributed by atoms with Crippen LogP contribution in [0.2, 0.25) is 0 Å². The lowest BCUT2D eigenvalue weighted by molar-refractivity contribution is -0.122. The van der Waals surface area contributed by atoms with E-state index in [4.69, 9.17) is 0 Å². The van der Waals surface area contributed by atoms with Gasteiger partial charge in [0.15, 0.2) is 0 Å². The van der Waals surface area contributed by atoms with Crippen molar-refractivity contribution in [3.63, 3.8) is 0 Å². The number of imide groups is 1. The second kappa shape index (κ2) is 7.22. The van der Waals surface area contributed by atoms with Crippen molar-refractivity contribution in [3.8, 4) is 5.69 Å². The Balaban J connectivity index is 1.97. The molecule has 1 aliphatic rings. The molecule has 2 heterocycles. The van der Waals surface area contributed by atoms with Crippen LogP contribution in [0, 0.1) is 13.8 Å². The Kier molecular flexibility index (Phi) is 5.20. The molecule has 6 heteroatoms. The lowest BCUT2D eigenvalue weighted by Crippen LogP contribution is -2.28. The summed E-state index contributed by atoms with van der Waals surface area (Å²) < 4.78 is 3.18. The average molecular weight is 419 g/mol. The van der Waals surface area contributed by atoms with E-state index in [1.165, 1.54) is 4.90 Å². The Morgan fingerprint density at radius 2 is 1.84 bits per heavy atom. The maximum atomic E-state index is 12.4. The van der Waals surface area contributed by atoms with Crippen LogP contribution >= 0.6 is 27.7 Å². The van der Waals surface area contributed by atoms with Gasteiger partial charge in [-0.3, -0.25) is 14.5 Å². The molecule has 1 aliphatic heterocycles. The number of aromatic nitrogens is 1. The van der Waals surface area contributed by atoms with Crippen molar-refractivity contribution in [1.29, 1.82) is 0 Å². The van der Waals surface area contributed by atoms with E-state index >= 15 is 0 Å². The summed E-state index contributed by atoms with van der Waals surface area (Å²) in [5.74, 6) is -0.190. The molecule has 0 spiro atoms. The quantitative estimate of drug-likeness (QED) is 0.632. The minimum absolute atomic E-state index is 0.181. The number of hydrogen-bond donors (Lipinski definition) is 0. The molecule has 1 aromatic heterocycles. The SMILES string of the molecule is CCCN1C(=O)S/C(=C\c2cc(C)n(-c3ccc(Br)cc3)c2C)C1=O. The minimum atomic E-state index is -0.190. The van der Waals surface area contributed by atoms with Crippen molar-refractivity contribution in [2.45, 2.75) is 27.2 Å². The van der Waals surface area contributed by atoms with Gasteiger partial charge in [-0.15, -0.1) is 0 Å². The zero-order chi connectivity index (χ0) is 18.1. The zero-order valence-electron chi connectivity index (χ0n) is 14.4. The first-order chi connectivity index (χ1) is 11.9. The highest BCUT2D eigenvalue weighted by Gasteiger charge is 2.34. The molecule has 2 amide bonds. The molecule has 1 aromatic carbocycles. The second-order valence-electron chi connectivity index (χ2n) is 5.97. The summed E-state index contributed by atoms with van der Waals surface area (Å²) in [6.07, 6.45) is 2.60. The summed E-state index contributed by atoms with van der Waals surface area (Å²) in [4.78, 5) is 26.2. The third kappa shape index (κ3) is 3.46. The summed E-state index contributed by atoms with van der Waals surface area (Å²) in [6.45, 7) is 6.49. The third-order valence-electron chi connectivity index (χ3n) is 4.16. The zero-order valence-corrected chi connectivity index (χ0v) is 16.8. The van der Waals surface area contributed by atoms with Gasteiger partial charge in [0, 0.05) is 28.1 Å². The fourth-order valence-corrected chi connectivity index (χ4v) is 4.10. The lowest BCUT2D eigenvalue weighted by Gasteiger charge is -2.10. The average Bonchev–Trinajstić information content (AvgIpc) is 3.00. The van der Waals surface area contributed by atoms with Crippen molar-refractivity contribution < 1.29 is 9.59 Å². The standard InChI is InChI=1S/C19H19BrN2O2S/c1-4-9-21-18(23)17(25-19(21)24)11-14-10-12(2)22(13(14)3)16-7-5-15(20)6-8-16/h5-8,10-11H,4,9H2,1-3H3/b17-11-. The molecular formula is C19H19BrN2O2S. The number of amides is 2. The topological polar surface area (TPSA) is 42.3 Å². The van der Waals surface area contributed by atoms with Crippen molar-refractivity contribution in [1.82, 2.24) is 9.47 Å². The maximum absolute atomic E-state index is 12.4. The van der Waals surface area contributed by atoms with Gasteiger partial charge in [0.1, 0.15) is 0 Å². The molecule has 0 bridgehead atoms. The van der Waals surface area contributed by atoms with Crippen LogP contribution in [-0.2, 0) is 4.79 Å². The molecular weight excluding hydrogens is 400 g/mol. The van der Waals surface area contributed by atoms with Gasteiger partial charge >= 0.3 is 0 Å². The summed E-state index contributed by atoms with van der Waals surface area (Å²) in [6, 6.07) is 10.1. The Morgan fingerprint density at radius 1 is 1.16 bits per heavy atom. The molecule has 25 heavy (non-hydrogen) atoms. The number of halogens is 1. The number of thioether (sulfide) groups is 1. The van der Waals surface area contributed by atoms with Crippen LogP contribution in [0.4, 0.5) is 4.79 Å². The van der Waals surface area contributed by atoms with Crippen molar-refractivity contribution >= 4 is 44.9 Å². The number of benzene rings is 1. The number of rotatable bonds is 4. The Bertz CT molecular complexity index is 868. The molecule has 4 nitrogen and oxygen atoms in total. The fraction of sp³-hybridized carbons (Fsp3) is 0.263. The molecule has 1 fully saturated rings. The minimum Gasteiger partial charge on any atom is -0.318 e. The highest BCUT2D eigenvalue weighted by Crippen LogP contribution is 2.33. The number of nitrogens with zero attached hydrogens (tertiary/aromatic N) is 2. The van der Waals surface area contributed by atoms with Crippen LogP contribution in [0.3, 0.4) is 0 Å². The van der Waals surface area contributed by atoms with Gasteiger partial charge < -0.3 is 4.57 Å². The van der Waals surface area contributed by atoms with E-state index in [1.54, 1.807) is 0 Å². The van der Waals surface area contributed by atoms with E-state index in [-0.39, 0.29) is 11.1 Å². The molecule has 0 atom stereocenters.